The highest BCUT2D eigenvalue weighted by molar-refractivity contribution is 5.79. The van der Waals surface area contributed by atoms with Crippen molar-refractivity contribution in [3.63, 3.8) is 0 Å². The van der Waals surface area contributed by atoms with Gasteiger partial charge in [-0.25, -0.2) is 9.37 Å². The number of benzene rings is 2. The van der Waals surface area contributed by atoms with E-state index in [1.807, 2.05) is 0 Å². The number of carboxylic acid groups (broad SMARTS) is 1. The van der Waals surface area contributed by atoms with Gasteiger partial charge in [-0.05, 0) is 49.2 Å². The van der Waals surface area contributed by atoms with Crippen molar-refractivity contribution in [2.75, 3.05) is 7.11 Å². The van der Waals surface area contributed by atoms with E-state index in [0.717, 1.165) is 16.7 Å². The standard InChI is InChI=1S/C24H24F4N2O5/c1-35-19-4-2-3-15(11-19)22-21(14-5-7-16(25)8-6-14)29-23(24(26,27)28)30(22)10-9-17(31)12-18(32)13-20(33)34/h2-8,11,17-18,31-32H,9-10,12-13H2,1H3,(H,33,34)/p-1/t17-,18-/m1/s1. The Kier molecular flexibility index (Phi) is 8.13. The highest BCUT2D eigenvalue weighted by atomic mass is 19.4. The summed E-state index contributed by atoms with van der Waals surface area (Å²) in [5.74, 6) is -2.91. The lowest BCUT2D eigenvalue weighted by Crippen LogP contribution is -2.30. The van der Waals surface area contributed by atoms with Crippen LogP contribution in [-0.2, 0) is 17.5 Å². The van der Waals surface area contributed by atoms with E-state index in [1.54, 1.807) is 18.2 Å². The number of rotatable bonds is 10. The van der Waals surface area contributed by atoms with Crippen molar-refractivity contribution in [3.05, 3.63) is 60.2 Å². The summed E-state index contributed by atoms with van der Waals surface area (Å²) in [5.41, 5.74) is 0.624. The van der Waals surface area contributed by atoms with Crippen molar-refractivity contribution in [1.82, 2.24) is 9.55 Å². The van der Waals surface area contributed by atoms with E-state index in [-0.39, 0.29) is 36.3 Å². The molecule has 3 rings (SSSR count). The normalized spacial score (nSPS) is 13.5. The molecule has 1 heterocycles. The first-order valence-electron chi connectivity index (χ1n) is 10.6. The minimum Gasteiger partial charge on any atom is -0.550 e. The van der Waals surface area contributed by atoms with E-state index in [2.05, 4.69) is 4.98 Å². The number of nitrogens with zero attached hydrogens (tertiary/aromatic N) is 2. The number of aliphatic carboxylic acids is 1. The Morgan fingerprint density at radius 1 is 1.11 bits per heavy atom. The third-order valence-electron chi connectivity index (χ3n) is 5.31. The van der Waals surface area contributed by atoms with Gasteiger partial charge in [0, 0.05) is 30.1 Å². The lowest BCUT2D eigenvalue weighted by molar-refractivity contribution is -0.307. The molecule has 0 saturated carbocycles. The minimum absolute atomic E-state index is 0.0444. The number of halogens is 4. The van der Waals surface area contributed by atoms with Gasteiger partial charge in [0.1, 0.15) is 11.6 Å². The van der Waals surface area contributed by atoms with Gasteiger partial charge < -0.3 is 29.4 Å². The number of carbonyl (C=O) groups is 1. The lowest BCUT2D eigenvalue weighted by Gasteiger charge is -2.19. The Morgan fingerprint density at radius 3 is 2.40 bits per heavy atom. The van der Waals surface area contributed by atoms with Gasteiger partial charge in [-0.2, -0.15) is 13.2 Å². The molecule has 2 N–H and O–H groups in total. The number of aliphatic hydroxyl groups excluding tert-OH is 2. The summed E-state index contributed by atoms with van der Waals surface area (Å²) in [6.45, 7) is -0.352. The molecular formula is C24H23F4N2O5-. The van der Waals surface area contributed by atoms with Crippen LogP contribution in [0.4, 0.5) is 17.6 Å². The molecule has 0 radical (unpaired) electrons. The van der Waals surface area contributed by atoms with Crippen LogP contribution in [0.25, 0.3) is 22.5 Å². The smallest absolute Gasteiger partial charge is 0.449 e. The molecule has 0 amide bonds. The first-order chi connectivity index (χ1) is 16.5. The van der Waals surface area contributed by atoms with Gasteiger partial charge in [0.15, 0.2) is 0 Å². The van der Waals surface area contributed by atoms with E-state index < -0.39 is 42.4 Å². The summed E-state index contributed by atoms with van der Waals surface area (Å²) in [5, 5.41) is 30.6. The maximum Gasteiger partial charge on any atom is 0.449 e. The lowest BCUT2D eigenvalue weighted by atomic mass is 10.0. The molecule has 2 atom stereocenters. The van der Waals surface area contributed by atoms with E-state index in [4.69, 9.17) is 4.74 Å². The number of imidazole rings is 1. The topological polar surface area (TPSA) is 108 Å². The van der Waals surface area contributed by atoms with E-state index in [1.165, 1.54) is 25.3 Å². The largest absolute Gasteiger partial charge is 0.550 e. The fraction of sp³-hybridized carbons (Fsp3) is 0.333. The van der Waals surface area contributed by atoms with Crippen molar-refractivity contribution in [2.24, 2.45) is 0 Å². The van der Waals surface area contributed by atoms with Crippen molar-refractivity contribution < 1.29 is 42.4 Å². The van der Waals surface area contributed by atoms with Crippen LogP contribution in [-0.4, -0.2) is 45.1 Å². The van der Waals surface area contributed by atoms with Gasteiger partial charge in [0.05, 0.1) is 30.7 Å². The predicted molar refractivity (Wildman–Crippen MR) is 115 cm³/mol. The molecule has 0 saturated heterocycles. The van der Waals surface area contributed by atoms with Gasteiger partial charge >= 0.3 is 6.18 Å². The molecule has 0 aliphatic heterocycles. The number of hydrogen-bond acceptors (Lipinski definition) is 6. The predicted octanol–water partition coefficient (Wildman–Crippen LogP) is 3.03. The van der Waals surface area contributed by atoms with Crippen molar-refractivity contribution >= 4 is 5.97 Å². The highest BCUT2D eigenvalue weighted by Gasteiger charge is 2.39. The Labute approximate surface area is 198 Å². The fourth-order valence-electron chi connectivity index (χ4n) is 3.74. The second kappa shape index (κ2) is 10.9. The zero-order chi connectivity index (χ0) is 25.8. The first kappa shape index (κ1) is 26.2. The molecule has 11 heteroatoms. The van der Waals surface area contributed by atoms with E-state index in [0.29, 0.717) is 11.3 Å². The van der Waals surface area contributed by atoms with Gasteiger partial charge in [-0.1, -0.05) is 12.1 Å². The third kappa shape index (κ3) is 6.58. The summed E-state index contributed by atoms with van der Waals surface area (Å²) in [6.07, 6.45) is -8.86. The molecule has 0 fully saturated rings. The van der Waals surface area contributed by atoms with Gasteiger partial charge in [0.25, 0.3) is 0 Å². The van der Waals surface area contributed by atoms with E-state index in [9.17, 15) is 37.7 Å². The number of aromatic nitrogens is 2. The van der Waals surface area contributed by atoms with Crippen LogP contribution in [0, 0.1) is 5.82 Å². The van der Waals surface area contributed by atoms with Crippen LogP contribution in [0.3, 0.4) is 0 Å². The summed E-state index contributed by atoms with van der Waals surface area (Å²) < 4.78 is 61.6. The Balaban J connectivity index is 2.09. The summed E-state index contributed by atoms with van der Waals surface area (Å²) in [7, 11) is 1.41. The zero-order valence-electron chi connectivity index (χ0n) is 18.6. The second-order valence-corrected chi connectivity index (χ2v) is 7.93. The number of carboxylic acids is 1. The van der Waals surface area contributed by atoms with Crippen molar-refractivity contribution in [1.29, 1.82) is 0 Å². The van der Waals surface area contributed by atoms with Crippen LogP contribution in [0.1, 0.15) is 25.1 Å². The zero-order valence-corrected chi connectivity index (χ0v) is 18.6. The second-order valence-electron chi connectivity index (χ2n) is 7.93. The molecule has 0 aliphatic rings. The minimum atomic E-state index is -4.86. The molecular weight excluding hydrogens is 472 g/mol. The summed E-state index contributed by atoms with van der Waals surface area (Å²) in [6, 6.07) is 11.2. The van der Waals surface area contributed by atoms with Gasteiger partial charge in [-0.3, -0.25) is 0 Å². The van der Waals surface area contributed by atoms with Gasteiger partial charge in [-0.15, -0.1) is 0 Å². The SMILES string of the molecule is COc1cccc(-c2c(-c3ccc(F)cc3)nc(C(F)(F)F)n2CC[C@@H](O)C[C@@H](O)CC(=O)[O-])c1. The Hall–Kier alpha value is -3.44. The Bertz CT molecular complexity index is 1160. The number of carbonyl (C=O) groups excluding carboxylic acids is 1. The van der Waals surface area contributed by atoms with Crippen LogP contribution in [0.5, 0.6) is 5.75 Å². The Morgan fingerprint density at radius 2 is 1.80 bits per heavy atom. The van der Waals surface area contributed by atoms with Crippen LogP contribution in [0.2, 0.25) is 0 Å². The number of ether oxygens (including phenoxy) is 1. The average Bonchev–Trinajstić information content (AvgIpc) is 3.17. The molecule has 7 nitrogen and oxygen atoms in total. The number of alkyl halides is 3. The van der Waals surface area contributed by atoms with Crippen LogP contribution < -0.4 is 9.84 Å². The molecule has 0 spiro atoms. The third-order valence-corrected chi connectivity index (χ3v) is 5.31. The molecule has 3 aromatic rings. The summed E-state index contributed by atoms with van der Waals surface area (Å²) in [4.78, 5) is 14.5. The number of aliphatic hydroxyl groups is 2. The molecule has 2 aromatic carbocycles. The average molecular weight is 495 g/mol. The van der Waals surface area contributed by atoms with Gasteiger partial charge in [0.2, 0.25) is 5.82 Å². The molecule has 35 heavy (non-hydrogen) atoms. The summed E-state index contributed by atoms with van der Waals surface area (Å²) >= 11 is 0. The molecule has 1 aromatic heterocycles. The van der Waals surface area contributed by atoms with Crippen LogP contribution >= 0.6 is 0 Å². The van der Waals surface area contributed by atoms with Crippen LogP contribution in [0.15, 0.2) is 48.5 Å². The first-order valence-corrected chi connectivity index (χ1v) is 10.6. The fourth-order valence-corrected chi connectivity index (χ4v) is 3.74. The molecule has 188 valence electrons. The van der Waals surface area contributed by atoms with E-state index >= 15 is 0 Å². The molecule has 0 aliphatic carbocycles. The number of hydrogen-bond donors (Lipinski definition) is 2. The van der Waals surface area contributed by atoms with Crippen molar-refractivity contribution in [3.8, 4) is 28.3 Å². The monoisotopic (exact) mass is 495 g/mol. The quantitative estimate of drug-likeness (QED) is 0.419. The maximum atomic E-state index is 14.0. The maximum absolute atomic E-state index is 14.0. The number of methoxy groups -OCH3 is 1. The molecule has 0 unspecified atom stereocenters. The molecule has 0 bridgehead atoms. The van der Waals surface area contributed by atoms with Crippen molar-refractivity contribution in [2.45, 2.75) is 44.2 Å². The highest BCUT2D eigenvalue weighted by Crippen LogP contribution is 2.39.